The van der Waals surface area contributed by atoms with Crippen LogP contribution in [0.5, 0.6) is 5.75 Å². The van der Waals surface area contributed by atoms with Crippen molar-refractivity contribution in [2.24, 2.45) is 0 Å². The highest BCUT2D eigenvalue weighted by molar-refractivity contribution is 6.30. The highest BCUT2D eigenvalue weighted by atomic mass is 35.5. The number of hydrogen-bond donors (Lipinski definition) is 0. The average Bonchev–Trinajstić information content (AvgIpc) is 2.45. The quantitative estimate of drug-likeness (QED) is 0.808. The Labute approximate surface area is 120 Å². The van der Waals surface area contributed by atoms with Crippen LogP contribution >= 0.6 is 11.6 Å². The number of halogens is 2. The van der Waals surface area contributed by atoms with Crippen molar-refractivity contribution >= 4 is 17.4 Å². The molecular weight excluding hydrogens is 281 g/mol. The van der Waals surface area contributed by atoms with E-state index in [0.29, 0.717) is 16.1 Å². The predicted octanol–water partition coefficient (Wildman–Crippen LogP) is 3.61. The Bertz CT molecular complexity index is 677. The molecule has 0 radical (unpaired) electrons. The highest BCUT2D eigenvalue weighted by Gasteiger charge is 2.10. The van der Waals surface area contributed by atoms with Crippen molar-refractivity contribution in [2.45, 2.75) is 0 Å². The molecule has 0 aliphatic carbocycles. The van der Waals surface area contributed by atoms with E-state index in [1.54, 1.807) is 6.07 Å². The van der Waals surface area contributed by atoms with Gasteiger partial charge in [0.05, 0.1) is 5.56 Å². The molecule has 0 aliphatic heterocycles. The van der Waals surface area contributed by atoms with E-state index in [-0.39, 0.29) is 18.1 Å². The summed E-state index contributed by atoms with van der Waals surface area (Å²) in [6.07, 6.45) is 0. The van der Waals surface area contributed by atoms with Crippen LogP contribution in [0, 0.1) is 17.1 Å². The van der Waals surface area contributed by atoms with Gasteiger partial charge in [-0.2, -0.15) is 5.26 Å². The maximum absolute atomic E-state index is 12.8. The lowest BCUT2D eigenvalue weighted by atomic mass is 10.1. The van der Waals surface area contributed by atoms with E-state index < -0.39 is 5.82 Å². The highest BCUT2D eigenvalue weighted by Crippen LogP contribution is 2.22. The molecule has 3 nitrogen and oxygen atoms in total. The van der Waals surface area contributed by atoms with Gasteiger partial charge in [0, 0.05) is 16.7 Å². The van der Waals surface area contributed by atoms with E-state index in [2.05, 4.69) is 0 Å². The fraction of sp³-hybridized carbons (Fsp3) is 0.0667. The summed E-state index contributed by atoms with van der Waals surface area (Å²) in [6, 6.07) is 11.7. The summed E-state index contributed by atoms with van der Waals surface area (Å²) >= 11 is 5.81. The van der Waals surface area contributed by atoms with Crippen LogP contribution in [0.25, 0.3) is 0 Å². The summed E-state index contributed by atoms with van der Waals surface area (Å²) in [7, 11) is 0. The van der Waals surface area contributed by atoms with Crippen LogP contribution in [0.2, 0.25) is 5.02 Å². The second-order valence-corrected chi connectivity index (χ2v) is 4.41. The van der Waals surface area contributed by atoms with Gasteiger partial charge < -0.3 is 4.74 Å². The normalized spacial score (nSPS) is 9.85. The fourth-order valence-corrected chi connectivity index (χ4v) is 1.73. The summed E-state index contributed by atoms with van der Waals surface area (Å²) < 4.78 is 18.1. The molecular formula is C15H9ClFNO2. The molecule has 0 bridgehead atoms. The molecule has 2 aromatic carbocycles. The Morgan fingerprint density at radius 3 is 2.60 bits per heavy atom. The van der Waals surface area contributed by atoms with E-state index in [1.165, 1.54) is 36.4 Å². The Kier molecular flexibility index (Phi) is 4.34. The molecule has 0 aromatic heterocycles. The first-order valence-corrected chi connectivity index (χ1v) is 6.09. The molecule has 0 aliphatic rings. The lowest BCUT2D eigenvalue weighted by molar-refractivity contribution is 0.0921. The average molecular weight is 290 g/mol. The number of carbonyl (C=O) groups excluding carboxylic acids is 1. The molecule has 0 saturated carbocycles. The van der Waals surface area contributed by atoms with Gasteiger partial charge in [-0.1, -0.05) is 11.6 Å². The van der Waals surface area contributed by atoms with Crippen molar-refractivity contribution in [3.63, 3.8) is 0 Å². The van der Waals surface area contributed by atoms with Gasteiger partial charge in [-0.05, 0) is 36.4 Å². The maximum Gasteiger partial charge on any atom is 0.200 e. The van der Waals surface area contributed by atoms with Crippen LogP contribution in [0.15, 0.2) is 42.5 Å². The van der Waals surface area contributed by atoms with Crippen molar-refractivity contribution < 1.29 is 13.9 Å². The van der Waals surface area contributed by atoms with Crippen LogP contribution < -0.4 is 4.74 Å². The van der Waals surface area contributed by atoms with E-state index >= 15 is 0 Å². The van der Waals surface area contributed by atoms with Gasteiger partial charge in [0.15, 0.2) is 12.4 Å². The second kappa shape index (κ2) is 6.18. The summed E-state index contributed by atoms with van der Waals surface area (Å²) in [5.74, 6) is -0.478. The molecule has 0 atom stereocenters. The zero-order chi connectivity index (χ0) is 14.5. The monoisotopic (exact) mass is 289 g/mol. The molecule has 0 saturated heterocycles. The van der Waals surface area contributed by atoms with Gasteiger partial charge in [-0.25, -0.2) is 4.39 Å². The van der Waals surface area contributed by atoms with E-state index in [1.807, 2.05) is 6.07 Å². The van der Waals surface area contributed by atoms with Crippen LogP contribution in [0.1, 0.15) is 15.9 Å². The number of carbonyl (C=O) groups is 1. The van der Waals surface area contributed by atoms with Crippen molar-refractivity contribution in [3.05, 3.63) is 64.4 Å². The van der Waals surface area contributed by atoms with Gasteiger partial charge in [0.1, 0.15) is 17.6 Å². The van der Waals surface area contributed by atoms with Gasteiger partial charge in [-0.3, -0.25) is 4.79 Å². The molecule has 0 heterocycles. The minimum absolute atomic E-state index is 0.246. The summed E-state index contributed by atoms with van der Waals surface area (Å²) in [5.41, 5.74) is 0.633. The molecule has 100 valence electrons. The van der Waals surface area contributed by atoms with Crippen molar-refractivity contribution in [1.29, 1.82) is 5.26 Å². The Hall–Kier alpha value is -2.38. The number of ether oxygens (including phenoxy) is 1. The van der Waals surface area contributed by atoms with Crippen molar-refractivity contribution in [3.8, 4) is 11.8 Å². The summed E-state index contributed by atoms with van der Waals surface area (Å²) in [4.78, 5) is 11.9. The lowest BCUT2D eigenvalue weighted by Crippen LogP contribution is -2.12. The zero-order valence-corrected chi connectivity index (χ0v) is 11.0. The third-order valence-electron chi connectivity index (χ3n) is 2.59. The predicted molar refractivity (Wildman–Crippen MR) is 72.4 cm³/mol. The fourth-order valence-electron chi connectivity index (χ4n) is 1.57. The molecule has 20 heavy (non-hydrogen) atoms. The SMILES string of the molecule is N#Cc1ccc(Cl)cc1OCC(=O)c1ccc(F)cc1. The van der Waals surface area contributed by atoms with Gasteiger partial charge in [-0.15, -0.1) is 0 Å². The minimum Gasteiger partial charge on any atom is -0.484 e. The second-order valence-electron chi connectivity index (χ2n) is 3.97. The molecule has 2 rings (SSSR count). The molecule has 5 heteroatoms. The number of nitrogens with zero attached hydrogens (tertiary/aromatic N) is 1. The zero-order valence-electron chi connectivity index (χ0n) is 10.3. The number of rotatable bonds is 4. The first-order valence-electron chi connectivity index (χ1n) is 5.71. The molecule has 0 spiro atoms. The van der Waals surface area contributed by atoms with E-state index in [9.17, 15) is 9.18 Å². The van der Waals surface area contributed by atoms with Crippen LogP contribution in [-0.2, 0) is 0 Å². The maximum atomic E-state index is 12.8. The number of hydrogen-bond acceptors (Lipinski definition) is 3. The third-order valence-corrected chi connectivity index (χ3v) is 2.82. The molecule has 0 amide bonds. The number of ketones is 1. The van der Waals surface area contributed by atoms with Gasteiger partial charge >= 0.3 is 0 Å². The van der Waals surface area contributed by atoms with Crippen molar-refractivity contribution in [2.75, 3.05) is 6.61 Å². The number of Topliss-reactive ketones (excluding diaryl/α,β-unsaturated/α-hetero) is 1. The summed E-state index contributed by atoms with van der Waals surface area (Å²) in [5, 5.41) is 9.33. The van der Waals surface area contributed by atoms with E-state index in [4.69, 9.17) is 21.6 Å². The third kappa shape index (κ3) is 3.34. The van der Waals surface area contributed by atoms with Crippen LogP contribution in [-0.4, -0.2) is 12.4 Å². The van der Waals surface area contributed by atoms with Crippen LogP contribution in [0.4, 0.5) is 4.39 Å². The van der Waals surface area contributed by atoms with E-state index in [0.717, 1.165) is 0 Å². The first kappa shape index (κ1) is 14.0. The first-order chi connectivity index (χ1) is 9.60. The molecule has 2 aromatic rings. The topological polar surface area (TPSA) is 50.1 Å². The van der Waals surface area contributed by atoms with Crippen LogP contribution in [0.3, 0.4) is 0 Å². The summed E-state index contributed by atoms with van der Waals surface area (Å²) in [6.45, 7) is -0.249. The van der Waals surface area contributed by atoms with Gasteiger partial charge in [0.25, 0.3) is 0 Å². The van der Waals surface area contributed by atoms with Gasteiger partial charge in [0.2, 0.25) is 0 Å². The van der Waals surface area contributed by atoms with Crippen molar-refractivity contribution in [1.82, 2.24) is 0 Å². The standard InChI is InChI=1S/C15H9ClFNO2/c16-12-4-1-11(8-18)15(7-12)20-9-14(19)10-2-5-13(17)6-3-10/h1-7H,9H2. The molecule has 0 N–H and O–H groups in total. The lowest BCUT2D eigenvalue weighted by Gasteiger charge is -2.07. The Morgan fingerprint density at radius 2 is 1.95 bits per heavy atom. The Morgan fingerprint density at radius 1 is 1.25 bits per heavy atom. The largest absolute Gasteiger partial charge is 0.484 e. The minimum atomic E-state index is -0.413. The molecule has 0 unspecified atom stereocenters. The smallest absolute Gasteiger partial charge is 0.200 e. The number of benzene rings is 2. The number of nitriles is 1. The molecule has 0 fully saturated rings. The Balaban J connectivity index is 2.09.